The van der Waals surface area contributed by atoms with Gasteiger partial charge in [0.05, 0.1) is 32.8 Å². The largest absolute Gasteiger partial charge is 0.463 e. The maximum absolute atomic E-state index is 13.2. The number of carbonyl (C=O) groups excluding carboxylic acids is 2. The van der Waals surface area contributed by atoms with Crippen molar-refractivity contribution in [1.82, 2.24) is 19.5 Å². The zero-order valence-electron chi connectivity index (χ0n) is 21.9. The number of benzene rings is 1. The molecule has 0 aliphatic heterocycles. The van der Waals surface area contributed by atoms with Gasteiger partial charge in [-0.2, -0.15) is 9.97 Å². The Balaban J connectivity index is 1.95. The summed E-state index contributed by atoms with van der Waals surface area (Å²) in [7, 11) is 0. The fourth-order valence-corrected chi connectivity index (χ4v) is 3.99. The van der Waals surface area contributed by atoms with E-state index >= 15 is 0 Å². The van der Waals surface area contributed by atoms with Crippen LogP contribution in [0, 0.1) is 12.3 Å². The normalized spacial score (nSPS) is 13.8. The van der Waals surface area contributed by atoms with Crippen molar-refractivity contribution in [1.29, 1.82) is 0 Å². The van der Waals surface area contributed by atoms with E-state index in [0.29, 0.717) is 5.56 Å². The molecule has 2 heterocycles. The van der Waals surface area contributed by atoms with Crippen LogP contribution in [0.3, 0.4) is 0 Å². The Labute approximate surface area is 235 Å². The number of rotatable bonds is 14. The van der Waals surface area contributed by atoms with Crippen LogP contribution in [0.1, 0.15) is 25.6 Å². The summed E-state index contributed by atoms with van der Waals surface area (Å²) in [5.41, 5.74) is 4.51. The van der Waals surface area contributed by atoms with Gasteiger partial charge in [0.25, 0.3) is 5.60 Å². The lowest BCUT2D eigenvalue weighted by Gasteiger charge is -2.32. The Hall–Kier alpha value is -3.80. The van der Waals surface area contributed by atoms with Gasteiger partial charge in [0.2, 0.25) is 5.28 Å². The van der Waals surface area contributed by atoms with Crippen molar-refractivity contribution in [2.24, 2.45) is 0 Å². The quantitative estimate of drug-likeness (QED) is 0.108. The van der Waals surface area contributed by atoms with Gasteiger partial charge in [-0.1, -0.05) is 36.3 Å². The summed E-state index contributed by atoms with van der Waals surface area (Å²) in [6.07, 6.45) is 2.34. The molecular formula is C26H30ClN5O8. The van der Waals surface area contributed by atoms with Crippen LogP contribution in [0.15, 0.2) is 36.7 Å². The van der Waals surface area contributed by atoms with E-state index in [-0.39, 0.29) is 41.9 Å². The minimum Gasteiger partial charge on any atom is -0.463 e. The van der Waals surface area contributed by atoms with Crippen LogP contribution in [0.2, 0.25) is 5.28 Å². The first-order valence-corrected chi connectivity index (χ1v) is 12.7. The van der Waals surface area contributed by atoms with Crippen LogP contribution >= 0.6 is 11.6 Å². The lowest BCUT2D eigenvalue weighted by molar-refractivity contribution is -0.201. The van der Waals surface area contributed by atoms with Crippen molar-refractivity contribution in [2.45, 2.75) is 44.3 Å². The molecule has 3 atom stereocenters. The van der Waals surface area contributed by atoms with Crippen LogP contribution in [-0.2, 0) is 35.0 Å². The zero-order valence-corrected chi connectivity index (χ0v) is 22.7. The summed E-state index contributed by atoms with van der Waals surface area (Å²) in [5.74, 6) is 0.190. The van der Waals surface area contributed by atoms with Gasteiger partial charge in [0.1, 0.15) is 11.6 Å². The number of halogens is 1. The Kier molecular flexibility index (Phi) is 10.8. The monoisotopic (exact) mass is 575 g/mol. The maximum Gasteiger partial charge on any atom is 0.350 e. The van der Waals surface area contributed by atoms with E-state index in [0.717, 1.165) is 0 Å². The van der Waals surface area contributed by atoms with Gasteiger partial charge in [-0.15, -0.1) is 6.42 Å². The lowest BCUT2D eigenvalue weighted by atomic mass is 9.94. The van der Waals surface area contributed by atoms with E-state index in [1.54, 1.807) is 44.2 Å². The number of aromatic nitrogens is 4. The smallest absolute Gasteiger partial charge is 0.350 e. The predicted octanol–water partition coefficient (Wildman–Crippen LogP) is 1.06. The second-order valence-electron chi connectivity index (χ2n) is 8.39. The van der Waals surface area contributed by atoms with E-state index in [1.807, 2.05) is 0 Å². The topological polar surface area (TPSA) is 181 Å². The number of nitrogen functional groups attached to an aromatic ring is 1. The van der Waals surface area contributed by atoms with E-state index in [4.69, 9.17) is 42.7 Å². The minimum absolute atomic E-state index is 0.0145. The number of nitrogens with zero attached hydrogens (tertiary/aromatic N) is 4. The Bertz CT molecular complexity index is 1330. The van der Waals surface area contributed by atoms with Crippen molar-refractivity contribution >= 4 is 40.5 Å². The van der Waals surface area contributed by atoms with Crippen molar-refractivity contribution in [3.63, 3.8) is 0 Å². The molecule has 0 aliphatic rings. The summed E-state index contributed by atoms with van der Waals surface area (Å²) in [6, 6.07) is 8.66. The van der Waals surface area contributed by atoms with Gasteiger partial charge in [-0.25, -0.2) is 14.6 Å². The van der Waals surface area contributed by atoms with E-state index in [9.17, 15) is 19.8 Å². The van der Waals surface area contributed by atoms with Crippen molar-refractivity contribution in [3.05, 3.63) is 47.5 Å². The average Bonchev–Trinajstić information content (AvgIpc) is 3.36. The number of hydrogen-bond donors (Lipinski definition) is 3. The summed E-state index contributed by atoms with van der Waals surface area (Å²) in [5, 5.41) is 20.5. The van der Waals surface area contributed by atoms with Gasteiger partial charge in [-0.3, -0.25) is 4.57 Å². The Morgan fingerprint density at radius 2 is 1.82 bits per heavy atom. The maximum atomic E-state index is 13.2. The number of aliphatic hydroxyl groups is 2. The summed E-state index contributed by atoms with van der Waals surface area (Å²) in [4.78, 5) is 38.4. The summed E-state index contributed by atoms with van der Waals surface area (Å²) < 4.78 is 23.5. The number of aliphatic hydroxyl groups excluding tert-OH is 2. The minimum atomic E-state index is -2.22. The first kappa shape index (κ1) is 30.7. The summed E-state index contributed by atoms with van der Waals surface area (Å²) in [6.45, 7) is 1.93. The highest BCUT2D eigenvalue weighted by molar-refractivity contribution is 6.28. The second kappa shape index (κ2) is 14.0. The molecule has 0 radical (unpaired) electrons. The number of fused-ring (bicyclic) bond motifs is 1. The molecule has 0 saturated carbocycles. The number of esters is 2. The molecule has 0 spiro atoms. The Morgan fingerprint density at radius 3 is 2.40 bits per heavy atom. The van der Waals surface area contributed by atoms with Crippen LogP contribution in [0.25, 0.3) is 11.2 Å². The van der Waals surface area contributed by atoms with Crippen molar-refractivity contribution in [3.8, 4) is 12.3 Å². The van der Waals surface area contributed by atoms with Crippen LogP contribution < -0.4 is 5.73 Å². The molecular weight excluding hydrogens is 546 g/mol. The lowest BCUT2D eigenvalue weighted by Crippen LogP contribution is -2.54. The third-order valence-corrected chi connectivity index (χ3v) is 5.86. The molecule has 13 nitrogen and oxygen atoms in total. The van der Waals surface area contributed by atoms with Gasteiger partial charge in [-0.05, 0) is 31.0 Å². The van der Waals surface area contributed by atoms with Gasteiger partial charge >= 0.3 is 11.9 Å². The highest BCUT2D eigenvalue weighted by Gasteiger charge is 2.51. The van der Waals surface area contributed by atoms with Gasteiger partial charge in [0.15, 0.2) is 23.8 Å². The standard InChI is InChI=1S/C26H30ClN5O8/c1-4-18(34)22(32-15-29-19-20(28)30-25(27)31-21(19)32)40-17(13-33)14-39-26(23(35)37-5-2,24(36)38-6-3)12-16-10-8-7-9-11-16/h1,7-11,15,17-18,22,33-34H,5-6,12-14H2,2-3H3,(H2,28,30,31)/t17-,18+,22+/m0/s1. The first-order valence-electron chi connectivity index (χ1n) is 12.3. The molecule has 14 heteroatoms. The molecule has 4 N–H and O–H groups in total. The highest BCUT2D eigenvalue weighted by Crippen LogP contribution is 2.27. The molecule has 1 aromatic carbocycles. The van der Waals surface area contributed by atoms with Crippen molar-refractivity contribution in [2.75, 3.05) is 32.2 Å². The molecule has 0 fully saturated rings. The van der Waals surface area contributed by atoms with E-state index in [1.165, 1.54) is 10.9 Å². The first-order chi connectivity index (χ1) is 19.2. The molecule has 0 amide bonds. The third-order valence-electron chi connectivity index (χ3n) is 5.69. The molecule has 0 bridgehead atoms. The molecule has 40 heavy (non-hydrogen) atoms. The molecule has 3 rings (SSSR count). The van der Waals surface area contributed by atoms with E-state index < -0.39 is 49.2 Å². The number of imidazole rings is 1. The molecule has 0 saturated heterocycles. The fourth-order valence-electron chi connectivity index (χ4n) is 3.81. The number of nitrogens with two attached hydrogens (primary N) is 1. The molecule has 214 valence electrons. The van der Waals surface area contributed by atoms with Crippen molar-refractivity contribution < 1.29 is 38.7 Å². The second-order valence-corrected chi connectivity index (χ2v) is 8.72. The highest BCUT2D eigenvalue weighted by atomic mass is 35.5. The van der Waals surface area contributed by atoms with Gasteiger partial charge < -0.3 is 34.9 Å². The molecule has 0 unspecified atom stereocenters. The molecule has 2 aromatic heterocycles. The number of ether oxygens (including phenoxy) is 4. The van der Waals surface area contributed by atoms with Crippen LogP contribution in [0.4, 0.5) is 5.82 Å². The predicted molar refractivity (Wildman–Crippen MR) is 143 cm³/mol. The summed E-state index contributed by atoms with van der Waals surface area (Å²) >= 11 is 5.95. The number of carbonyl (C=O) groups is 2. The van der Waals surface area contributed by atoms with Gasteiger partial charge in [0, 0.05) is 6.42 Å². The number of hydrogen-bond acceptors (Lipinski definition) is 12. The number of anilines is 1. The Morgan fingerprint density at radius 1 is 1.18 bits per heavy atom. The van der Waals surface area contributed by atoms with E-state index in [2.05, 4.69) is 20.9 Å². The van der Waals surface area contributed by atoms with Crippen LogP contribution in [-0.4, -0.2) is 85.9 Å². The zero-order chi connectivity index (χ0) is 29.3. The molecule has 0 aliphatic carbocycles. The number of terminal acetylenes is 1. The average molecular weight is 576 g/mol. The van der Waals surface area contributed by atoms with Crippen LogP contribution in [0.5, 0.6) is 0 Å². The SMILES string of the molecule is C#C[C@@H](O)[C@@H](O[C@@H](CO)COC(Cc1ccccc1)(C(=O)OCC)C(=O)OCC)n1cnc2c(N)nc(Cl)nc21. The third kappa shape index (κ3) is 6.85. The molecule has 3 aromatic rings. The fraction of sp³-hybridized carbons (Fsp3) is 0.423.